The number of ether oxygens (including phenoxy) is 4. The van der Waals surface area contributed by atoms with Crippen LogP contribution in [0.3, 0.4) is 0 Å². The molecule has 1 aromatic rings. The summed E-state index contributed by atoms with van der Waals surface area (Å²) in [5.41, 5.74) is 1.34. The Morgan fingerprint density at radius 3 is 2.59 bits per heavy atom. The molecule has 0 spiro atoms. The van der Waals surface area contributed by atoms with Crippen molar-refractivity contribution >= 4 is 0 Å². The summed E-state index contributed by atoms with van der Waals surface area (Å²) < 4.78 is 21.6. The summed E-state index contributed by atoms with van der Waals surface area (Å²) in [4.78, 5) is 0. The third-order valence-electron chi connectivity index (χ3n) is 3.14. The van der Waals surface area contributed by atoms with Crippen LogP contribution in [-0.2, 0) is 20.6 Å². The summed E-state index contributed by atoms with van der Waals surface area (Å²) >= 11 is 0. The van der Waals surface area contributed by atoms with Gasteiger partial charge in [-0.25, -0.2) is 0 Å². The van der Waals surface area contributed by atoms with Gasteiger partial charge in [-0.2, -0.15) is 0 Å². The van der Waals surface area contributed by atoms with Crippen LogP contribution in [0.25, 0.3) is 0 Å². The Hall–Kier alpha value is -1.36. The van der Waals surface area contributed by atoms with Gasteiger partial charge in [-0.15, -0.1) is 6.58 Å². The molecule has 1 rings (SSSR count). The minimum absolute atomic E-state index is 0.167. The van der Waals surface area contributed by atoms with E-state index in [0.29, 0.717) is 19.8 Å². The normalized spacial score (nSPS) is 12.1. The molecule has 0 aliphatic rings. The average Bonchev–Trinajstić information content (AvgIpc) is 2.56. The van der Waals surface area contributed by atoms with Crippen LogP contribution in [0, 0.1) is 0 Å². The third kappa shape index (κ3) is 8.17. The molecule has 22 heavy (non-hydrogen) atoms. The average molecular weight is 308 g/mol. The highest BCUT2D eigenvalue weighted by atomic mass is 16.7. The lowest BCUT2D eigenvalue weighted by Gasteiger charge is -2.18. The van der Waals surface area contributed by atoms with Gasteiger partial charge < -0.3 is 18.9 Å². The molecule has 0 aliphatic carbocycles. The second kappa shape index (κ2) is 12.2. The van der Waals surface area contributed by atoms with Crippen molar-refractivity contribution in [1.29, 1.82) is 0 Å². The largest absolute Gasteiger partial charge is 0.491 e. The molecule has 1 atom stereocenters. The highest BCUT2D eigenvalue weighted by Gasteiger charge is 2.10. The van der Waals surface area contributed by atoms with Crippen LogP contribution in [0.15, 0.2) is 36.9 Å². The van der Waals surface area contributed by atoms with Crippen LogP contribution in [0.2, 0.25) is 0 Å². The van der Waals surface area contributed by atoms with Gasteiger partial charge in [0.05, 0.1) is 13.2 Å². The Morgan fingerprint density at radius 2 is 1.95 bits per heavy atom. The van der Waals surface area contributed by atoms with E-state index < -0.39 is 0 Å². The molecule has 0 N–H and O–H groups in total. The second-order valence-corrected chi connectivity index (χ2v) is 5.08. The minimum atomic E-state index is -0.167. The van der Waals surface area contributed by atoms with E-state index in [2.05, 4.69) is 25.6 Å². The smallest absolute Gasteiger partial charge is 0.147 e. The molecule has 0 amide bonds. The molecule has 4 nitrogen and oxygen atoms in total. The van der Waals surface area contributed by atoms with E-state index in [1.165, 1.54) is 18.4 Å². The van der Waals surface area contributed by atoms with Crippen molar-refractivity contribution in [3.8, 4) is 5.75 Å². The van der Waals surface area contributed by atoms with Crippen LogP contribution in [0.1, 0.15) is 25.3 Å². The lowest BCUT2D eigenvalue weighted by atomic mass is 10.1. The fourth-order valence-electron chi connectivity index (χ4n) is 1.91. The van der Waals surface area contributed by atoms with E-state index in [4.69, 9.17) is 18.9 Å². The summed E-state index contributed by atoms with van der Waals surface area (Å²) in [5.74, 6) is 0.843. The minimum Gasteiger partial charge on any atom is -0.491 e. The number of aryl methyl sites for hydroxylation is 1. The maximum atomic E-state index is 5.77. The zero-order valence-electron chi connectivity index (χ0n) is 13.8. The SMILES string of the molecule is C=CCOCC(COc1ccc(CCCC)cc1)OCOC. The Balaban J connectivity index is 2.39. The number of methoxy groups -OCH3 is 1. The van der Waals surface area contributed by atoms with E-state index in [1.807, 2.05) is 12.1 Å². The zero-order valence-corrected chi connectivity index (χ0v) is 13.8. The lowest BCUT2D eigenvalue weighted by molar-refractivity contribution is -0.106. The Kier molecular flexibility index (Phi) is 10.4. The third-order valence-corrected chi connectivity index (χ3v) is 3.14. The summed E-state index contributed by atoms with van der Waals surface area (Å²) in [6.07, 6.45) is 5.09. The molecule has 1 unspecified atom stereocenters. The van der Waals surface area contributed by atoms with Crippen molar-refractivity contribution in [2.75, 3.05) is 33.7 Å². The number of unbranched alkanes of at least 4 members (excludes halogenated alkanes) is 1. The van der Waals surface area contributed by atoms with Crippen LogP contribution in [0.5, 0.6) is 5.75 Å². The molecule has 0 bridgehead atoms. The highest BCUT2D eigenvalue weighted by molar-refractivity contribution is 5.27. The number of rotatable bonds is 13. The molecule has 0 saturated heterocycles. The molecule has 0 aliphatic heterocycles. The maximum Gasteiger partial charge on any atom is 0.147 e. The van der Waals surface area contributed by atoms with Gasteiger partial charge in [-0.3, -0.25) is 0 Å². The van der Waals surface area contributed by atoms with Crippen LogP contribution < -0.4 is 4.74 Å². The first-order chi connectivity index (χ1) is 10.8. The van der Waals surface area contributed by atoms with E-state index in [-0.39, 0.29) is 12.9 Å². The number of hydrogen-bond acceptors (Lipinski definition) is 4. The second-order valence-electron chi connectivity index (χ2n) is 5.08. The fraction of sp³-hybridized carbons (Fsp3) is 0.556. The summed E-state index contributed by atoms with van der Waals surface area (Å²) in [6, 6.07) is 8.24. The van der Waals surface area contributed by atoms with Crippen molar-refractivity contribution in [2.45, 2.75) is 32.3 Å². The Bertz CT molecular complexity index is 389. The van der Waals surface area contributed by atoms with Gasteiger partial charge in [0, 0.05) is 7.11 Å². The van der Waals surface area contributed by atoms with Gasteiger partial charge in [-0.1, -0.05) is 31.6 Å². The monoisotopic (exact) mass is 308 g/mol. The van der Waals surface area contributed by atoms with Gasteiger partial charge in [0.15, 0.2) is 0 Å². The molecule has 1 aromatic carbocycles. The van der Waals surface area contributed by atoms with Gasteiger partial charge in [-0.05, 0) is 30.5 Å². The molecule has 0 saturated carbocycles. The van der Waals surface area contributed by atoms with Crippen LogP contribution in [0.4, 0.5) is 0 Å². The van der Waals surface area contributed by atoms with E-state index in [9.17, 15) is 0 Å². The zero-order chi connectivity index (χ0) is 16.0. The Labute approximate surface area is 134 Å². The Morgan fingerprint density at radius 1 is 1.18 bits per heavy atom. The van der Waals surface area contributed by atoms with Crippen LogP contribution >= 0.6 is 0 Å². The van der Waals surface area contributed by atoms with Gasteiger partial charge in [0.2, 0.25) is 0 Å². The topological polar surface area (TPSA) is 36.9 Å². The van der Waals surface area contributed by atoms with Crippen molar-refractivity contribution in [1.82, 2.24) is 0 Å². The maximum absolute atomic E-state index is 5.77. The predicted octanol–water partition coefficient (Wildman–Crippen LogP) is 3.60. The summed E-state index contributed by atoms with van der Waals surface area (Å²) in [6.45, 7) is 7.42. The highest BCUT2D eigenvalue weighted by Crippen LogP contribution is 2.14. The molecular formula is C18H28O4. The summed E-state index contributed by atoms with van der Waals surface area (Å²) in [5, 5.41) is 0. The standard InChI is InChI=1S/C18H28O4/c1-4-6-7-16-8-10-17(11-9-16)21-14-18(22-15-19-3)13-20-12-5-2/h5,8-11,18H,2,4,6-7,12-15H2,1,3H3. The first-order valence-corrected chi connectivity index (χ1v) is 7.81. The number of hydrogen-bond donors (Lipinski definition) is 0. The molecular weight excluding hydrogens is 280 g/mol. The van der Waals surface area contributed by atoms with Gasteiger partial charge >= 0.3 is 0 Å². The molecule has 4 heteroatoms. The molecule has 0 aromatic heterocycles. The van der Waals surface area contributed by atoms with E-state index in [0.717, 1.165) is 12.2 Å². The lowest BCUT2D eigenvalue weighted by Crippen LogP contribution is -2.28. The quantitative estimate of drug-likeness (QED) is 0.317. The molecule has 0 fully saturated rings. The van der Waals surface area contributed by atoms with Crippen LogP contribution in [-0.4, -0.2) is 39.8 Å². The molecule has 0 radical (unpaired) electrons. The predicted molar refractivity (Wildman–Crippen MR) is 88.3 cm³/mol. The first-order valence-electron chi connectivity index (χ1n) is 7.81. The summed E-state index contributed by atoms with van der Waals surface area (Å²) in [7, 11) is 1.59. The fourth-order valence-corrected chi connectivity index (χ4v) is 1.91. The molecule has 124 valence electrons. The first kappa shape index (κ1) is 18.7. The van der Waals surface area contributed by atoms with Crippen molar-refractivity contribution < 1.29 is 18.9 Å². The number of benzene rings is 1. The van der Waals surface area contributed by atoms with E-state index >= 15 is 0 Å². The van der Waals surface area contributed by atoms with Crippen molar-refractivity contribution in [3.63, 3.8) is 0 Å². The van der Waals surface area contributed by atoms with Crippen molar-refractivity contribution in [3.05, 3.63) is 42.5 Å². The molecule has 0 heterocycles. The van der Waals surface area contributed by atoms with Gasteiger partial charge in [0.25, 0.3) is 0 Å². The van der Waals surface area contributed by atoms with E-state index in [1.54, 1.807) is 13.2 Å². The van der Waals surface area contributed by atoms with Gasteiger partial charge in [0.1, 0.15) is 25.3 Å². The van der Waals surface area contributed by atoms with Crippen molar-refractivity contribution in [2.24, 2.45) is 0 Å².